The molecule has 1 aromatic carbocycles. The molecule has 204 valence electrons. The Balaban J connectivity index is 1.82. The summed E-state index contributed by atoms with van der Waals surface area (Å²) >= 11 is 0. The predicted octanol–water partition coefficient (Wildman–Crippen LogP) is 5.03. The van der Waals surface area contributed by atoms with Gasteiger partial charge in [-0.15, -0.1) is 0 Å². The van der Waals surface area contributed by atoms with Crippen molar-refractivity contribution >= 4 is 5.91 Å². The van der Waals surface area contributed by atoms with Gasteiger partial charge in [-0.3, -0.25) is 9.78 Å². The van der Waals surface area contributed by atoms with Gasteiger partial charge in [0.05, 0.1) is 29.7 Å². The summed E-state index contributed by atoms with van der Waals surface area (Å²) < 4.78 is 111. The molecule has 1 N–H and O–H groups in total. The van der Waals surface area contributed by atoms with Crippen LogP contribution in [-0.4, -0.2) is 51.7 Å². The monoisotopic (exact) mass is 551 g/mol. The minimum absolute atomic E-state index is 0.0210. The molecular formula is C22H17F8N5O3. The molecule has 0 aliphatic heterocycles. The second-order valence-corrected chi connectivity index (χ2v) is 7.58. The summed E-state index contributed by atoms with van der Waals surface area (Å²) in [4.78, 5) is 28.7. The lowest BCUT2D eigenvalue weighted by Gasteiger charge is -2.17. The van der Waals surface area contributed by atoms with E-state index < -0.39 is 60.8 Å². The van der Waals surface area contributed by atoms with Crippen LogP contribution in [-0.2, 0) is 6.18 Å². The van der Waals surface area contributed by atoms with Gasteiger partial charge < -0.3 is 14.8 Å². The van der Waals surface area contributed by atoms with Crippen molar-refractivity contribution in [3.8, 4) is 23.0 Å². The summed E-state index contributed by atoms with van der Waals surface area (Å²) in [5, 5.41) is 2.42. The number of carbonyl (C=O) groups excluding carboxylic acids is 1. The van der Waals surface area contributed by atoms with Crippen molar-refractivity contribution in [1.82, 2.24) is 25.3 Å². The number of rotatable bonds is 9. The maximum atomic E-state index is 13.3. The molecule has 0 spiro atoms. The quantitative estimate of drug-likeness (QED) is 0.373. The van der Waals surface area contributed by atoms with E-state index in [0.29, 0.717) is 12.1 Å². The van der Waals surface area contributed by atoms with Gasteiger partial charge in [0, 0.05) is 18.0 Å². The van der Waals surface area contributed by atoms with Crippen molar-refractivity contribution in [1.29, 1.82) is 0 Å². The number of benzene rings is 1. The molecule has 0 aliphatic rings. The molecule has 1 unspecified atom stereocenters. The molecule has 1 amide bonds. The molecule has 8 nitrogen and oxygen atoms in total. The number of halogens is 8. The van der Waals surface area contributed by atoms with E-state index >= 15 is 0 Å². The van der Waals surface area contributed by atoms with E-state index in [1.807, 2.05) is 0 Å². The van der Waals surface area contributed by atoms with Crippen LogP contribution in [0.25, 0.3) is 11.5 Å². The van der Waals surface area contributed by atoms with Crippen molar-refractivity contribution in [2.75, 3.05) is 13.2 Å². The smallest absolute Gasteiger partial charge is 0.422 e. The predicted molar refractivity (Wildman–Crippen MR) is 113 cm³/mol. The summed E-state index contributed by atoms with van der Waals surface area (Å²) in [7, 11) is 0. The van der Waals surface area contributed by atoms with Crippen LogP contribution in [0.15, 0.2) is 43.0 Å². The summed E-state index contributed by atoms with van der Waals surface area (Å²) in [6.07, 6.45) is -7.97. The molecule has 1 atom stereocenters. The Morgan fingerprint density at radius 1 is 0.921 bits per heavy atom. The number of hydrogen-bond acceptors (Lipinski definition) is 7. The third-order valence-corrected chi connectivity index (χ3v) is 4.60. The zero-order valence-corrected chi connectivity index (χ0v) is 19.1. The number of aromatic nitrogens is 4. The van der Waals surface area contributed by atoms with E-state index in [0.717, 1.165) is 18.5 Å². The largest absolute Gasteiger partial charge is 0.488 e. The fourth-order valence-electron chi connectivity index (χ4n) is 3.00. The van der Waals surface area contributed by atoms with E-state index in [2.05, 4.69) is 34.7 Å². The van der Waals surface area contributed by atoms with Crippen LogP contribution < -0.4 is 14.8 Å². The van der Waals surface area contributed by atoms with Gasteiger partial charge >= 0.3 is 12.4 Å². The zero-order valence-electron chi connectivity index (χ0n) is 19.1. The van der Waals surface area contributed by atoms with Gasteiger partial charge in [0.15, 0.2) is 18.2 Å². The normalized spacial score (nSPS) is 12.8. The second kappa shape index (κ2) is 11.5. The molecule has 2 heterocycles. The fraction of sp³-hybridized carbons (Fsp3) is 0.318. The number of nitrogens with zero attached hydrogens (tertiary/aromatic N) is 4. The fourth-order valence-corrected chi connectivity index (χ4v) is 3.00. The number of nitrogens with one attached hydrogen (secondary N) is 1. The van der Waals surface area contributed by atoms with E-state index in [9.17, 15) is 39.9 Å². The van der Waals surface area contributed by atoms with Crippen molar-refractivity contribution in [2.45, 2.75) is 31.7 Å². The lowest BCUT2D eigenvalue weighted by molar-refractivity contribution is -0.153. The number of amides is 1. The van der Waals surface area contributed by atoms with Gasteiger partial charge in [0.1, 0.15) is 18.1 Å². The molecule has 0 saturated heterocycles. The number of carbonyl (C=O) groups is 1. The van der Waals surface area contributed by atoms with Crippen LogP contribution in [0.1, 0.15) is 34.6 Å². The van der Waals surface area contributed by atoms with Crippen LogP contribution in [0.3, 0.4) is 0 Å². The highest BCUT2D eigenvalue weighted by Gasteiger charge is 2.33. The molecule has 16 heteroatoms. The first-order valence-electron chi connectivity index (χ1n) is 10.5. The Morgan fingerprint density at radius 3 is 2.18 bits per heavy atom. The minimum atomic E-state index is -4.89. The number of alkyl halides is 8. The van der Waals surface area contributed by atoms with Crippen molar-refractivity contribution in [2.24, 2.45) is 0 Å². The molecule has 3 rings (SSSR count). The zero-order chi connectivity index (χ0) is 28.1. The van der Waals surface area contributed by atoms with Crippen LogP contribution in [0.4, 0.5) is 35.1 Å². The SMILES string of the molecule is CC(NC(=O)c1cc(OCC(F)F)cc(C(F)(F)F)c1)c1nccnc1-c1ncc(OCC(F)(F)F)cn1. The molecular weight excluding hydrogens is 534 g/mol. The topological polar surface area (TPSA) is 99.1 Å². The highest BCUT2D eigenvalue weighted by Crippen LogP contribution is 2.33. The number of hydrogen-bond donors (Lipinski definition) is 1. The Labute approximate surface area is 209 Å². The first-order chi connectivity index (χ1) is 17.7. The van der Waals surface area contributed by atoms with E-state index in [1.165, 1.54) is 19.3 Å². The molecule has 3 aromatic rings. The van der Waals surface area contributed by atoms with Crippen molar-refractivity contribution in [3.05, 3.63) is 59.8 Å². The molecule has 0 aliphatic carbocycles. The molecule has 38 heavy (non-hydrogen) atoms. The molecule has 0 radical (unpaired) electrons. The van der Waals surface area contributed by atoms with Crippen molar-refractivity contribution < 1.29 is 49.4 Å². The summed E-state index contributed by atoms with van der Waals surface area (Å²) in [6, 6.07) is 0.899. The summed E-state index contributed by atoms with van der Waals surface area (Å²) in [5.41, 5.74) is -1.72. The van der Waals surface area contributed by atoms with Gasteiger partial charge in [0.2, 0.25) is 0 Å². The average molecular weight is 551 g/mol. The van der Waals surface area contributed by atoms with Gasteiger partial charge in [0.25, 0.3) is 12.3 Å². The Kier molecular flexibility index (Phi) is 8.63. The summed E-state index contributed by atoms with van der Waals surface area (Å²) in [5.74, 6) is -1.96. The van der Waals surface area contributed by atoms with Crippen LogP contribution in [0.5, 0.6) is 11.5 Å². The molecule has 0 saturated carbocycles. The first kappa shape index (κ1) is 28.5. The first-order valence-corrected chi connectivity index (χ1v) is 10.5. The molecule has 0 fully saturated rings. The lowest BCUT2D eigenvalue weighted by atomic mass is 10.1. The van der Waals surface area contributed by atoms with E-state index in [-0.39, 0.29) is 23.0 Å². The number of ether oxygens (including phenoxy) is 2. The van der Waals surface area contributed by atoms with Crippen molar-refractivity contribution in [3.63, 3.8) is 0 Å². The third kappa shape index (κ3) is 7.94. The Bertz CT molecular complexity index is 1250. The van der Waals surface area contributed by atoms with Gasteiger partial charge in [-0.05, 0) is 25.1 Å². The minimum Gasteiger partial charge on any atom is -0.488 e. The lowest BCUT2D eigenvalue weighted by Crippen LogP contribution is -2.28. The highest BCUT2D eigenvalue weighted by molar-refractivity contribution is 5.95. The maximum Gasteiger partial charge on any atom is 0.422 e. The highest BCUT2D eigenvalue weighted by atomic mass is 19.4. The van der Waals surface area contributed by atoms with Gasteiger partial charge in [-0.1, -0.05) is 0 Å². The second-order valence-electron chi connectivity index (χ2n) is 7.58. The molecule has 0 bridgehead atoms. The third-order valence-electron chi connectivity index (χ3n) is 4.60. The molecule has 2 aromatic heterocycles. The van der Waals surface area contributed by atoms with Crippen LogP contribution in [0, 0.1) is 0 Å². The average Bonchev–Trinajstić information content (AvgIpc) is 2.85. The summed E-state index contributed by atoms with van der Waals surface area (Å²) in [6.45, 7) is -1.31. The maximum absolute atomic E-state index is 13.3. The van der Waals surface area contributed by atoms with E-state index in [4.69, 9.17) is 0 Å². The Morgan fingerprint density at radius 2 is 1.58 bits per heavy atom. The van der Waals surface area contributed by atoms with E-state index in [1.54, 1.807) is 0 Å². The Hall–Kier alpha value is -4.11. The van der Waals surface area contributed by atoms with Gasteiger partial charge in [-0.25, -0.2) is 23.7 Å². The standard InChI is InChI=1S/C22H17F8N5O3/c1-11(35-20(36)12-4-13(22(28,29)30)6-14(5-12)37-9-16(23)24)17-18(32-3-2-31-17)19-33-7-15(8-34-19)38-10-21(25,26)27/h2-8,11,16H,9-10H2,1H3,(H,35,36). The van der Waals surface area contributed by atoms with Crippen LogP contribution >= 0.6 is 0 Å². The van der Waals surface area contributed by atoms with Gasteiger partial charge in [-0.2, -0.15) is 26.3 Å². The van der Waals surface area contributed by atoms with Crippen LogP contribution in [0.2, 0.25) is 0 Å².